The van der Waals surface area contributed by atoms with Gasteiger partial charge in [-0.3, -0.25) is 9.78 Å². The van der Waals surface area contributed by atoms with Crippen LogP contribution in [0.3, 0.4) is 0 Å². The fourth-order valence-corrected chi connectivity index (χ4v) is 2.88. The van der Waals surface area contributed by atoms with Crippen LogP contribution in [0.1, 0.15) is 15.9 Å². The third-order valence-corrected chi connectivity index (χ3v) is 4.05. The fraction of sp³-hybridized carbons (Fsp3) is 0.0667. The number of aryl methyl sites for hydroxylation is 1. The average molecular weight is 366 g/mol. The van der Waals surface area contributed by atoms with Gasteiger partial charge in [-0.25, -0.2) is 0 Å². The summed E-state index contributed by atoms with van der Waals surface area (Å²) in [6, 6.07) is 7.06. The Hall–Kier alpha value is -1.85. The predicted molar refractivity (Wildman–Crippen MR) is 85.9 cm³/mol. The monoisotopic (exact) mass is 364 g/mol. The molecule has 4 nitrogen and oxygen atoms in total. The summed E-state index contributed by atoms with van der Waals surface area (Å²) in [6.45, 7) is 1.93. The van der Waals surface area contributed by atoms with Crippen LogP contribution < -0.4 is 5.32 Å². The largest absolute Gasteiger partial charge is 0.457 e. The number of amides is 1. The van der Waals surface area contributed by atoms with Crippen LogP contribution in [-0.2, 0) is 0 Å². The first-order valence-electron chi connectivity index (χ1n) is 6.16. The Morgan fingerprint density at radius 2 is 2.24 bits per heavy atom. The van der Waals surface area contributed by atoms with E-state index in [1.807, 2.05) is 19.1 Å². The molecule has 1 N–H and O–H groups in total. The quantitative estimate of drug-likeness (QED) is 0.709. The van der Waals surface area contributed by atoms with Crippen LogP contribution in [0.25, 0.3) is 10.9 Å². The Labute approximate surface area is 134 Å². The Morgan fingerprint density at radius 3 is 2.95 bits per heavy atom. The Kier molecular flexibility index (Phi) is 3.69. The van der Waals surface area contributed by atoms with Crippen molar-refractivity contribution in [3.63, 3.8) is 0 Å². The number of nitrogens with zero attached hydrogens (tertiary/aromatic N) is 1. The highest BCUT2D eigenvalue weighted by atomic mass is 79.9. The van der Waals surface area contributed by atoms with Crippen molar-refractivity contribution in [2.75, 3.05) is 5.32 Å². The van der Waals surface area contributed by atoms with Gasteiger partial charge in [-0.15, -0.1) is 0 Å². The zero-order valence-electron chi connectivity index (χ0n) is 11.0. The molecule has 0 radical (unpaired) electrons. The van der Waals surface area contributed by atoms with E-state index in [2.05, 4.69) is 26.2 Å². The molecule has 0 aliphatic carbocycles. The molecule has 0 aliphatic heterocycles. The smallest absolute Gasteiger partial charge is 0.260 e. The number of carbonyl (C=O) groups is 1. The van der Waals surface area contributed by atoms with Crippen molar-refractivity contribution >= 4 is 50.0 Å². The van der Waals surface area contributed by atoms with Crippen LogP contribution >= 0.6 is 27.5 Å². The second-order valence-corrected chi connectivity index (χ2v) is 5.64. The van der Waals surface area contributed by atoms with E-state index in [1.165, 1.54) is 6.26 Å². The second-order valence-electron chi connectivity index (χ2n) is 4.51. The summed E-state index contributed by atoms with van der Waals surface area (Å²) in [5, 5.41) is 4.10. The van der Waals surface area contributed by atoms with E-state index in [1.54, 1.807) is 18.3 Å². The van der Waals surface area contributed by atoms with Gasteiger partial charge in [0.2, 0.25) is 0 Å². The van der Waals surface area contributed by atoms with Gasteiger partial charge in [-0.2, -0.15) is 0 Å². The standard InChI is InChI=1S/C15H10BrClN2O2/c1-8-7-11(17)13(9-3-2-5-18-12(8)9)19-15(20)10-4-6-21-14(10)16/h2-7H,1H3,(H,19,20). The molecule has 3 rings (SSSR count). The summed E-state index contributed by atoms with van der Waals surface area (Å²) in [5.74, 6) is -0.300. The average Bonchev–Trinajstić information content (AvgIpc) is 2.89. The Balaban J connectivity index is 2.09. The number of nitrogens with one attached hydrogen (secondary N) is 1. The van der Waals surface area contributed by atoms with Crippen LogP contribution in [0.4, 0.5) is 5.69 Å². The van der Waals surface area contributed by atoms with Crippen LogP contribution in [0, 0.1) is 6.92 Å². The molecule has 21 heavy (non-hydrogen) atoms. The molecule has 0 atom stereocenters. The summed E-state index contributed by atoms with van der Waals surface area (Å²) in [4.78, 5) is 16.6. The molecule has 6 heteroatoms. The van der Waals surface area contributed by atoms with Crippen molar-refractivity contribution in [1.82, 2.24) is 4.98 Å². The van der Waals surface area contributed by atoms with E-state index in [9.17, 15) is 4.79 Å². The molecule has 106 valence electrons. The van der Waals surface area contributed by atoms with Crippen LogP contribution in [0.15, 0.2) is 45.8 Å². The number of fused-ring (bicyclic) bond motifs is 1. The highest BCUT2D eigenvalue weighted by Crippen LogP contribution is 2.33. The predicted octanol–water partition coefficient (Wildman–Crippen LogP) is 4.80. The number of hydrogen-bond acceptors (Lipinski definition) is 3. The third-order valence-electron chi connectivity index (χ3n) is 3.13. The topological polar surface area (TPSA) is 55.1 Å². The minimum atomic E-state index is -0.300. The number of pyridine rings is 1. The van der Waals surface area contributed by atoms with Crippen LogP contribution in [0.2, 0.25) is 5.02 Å². The van der Waals surface area contributed by atoms with Gasteiger partial charge in [0, 0.05) is 11.6 Å². The number of carbonyl (C=O) groups excluding carboxylic acids is 1. The lowest BCUT2D eigenvalue weighted by atomic mass is 10.1. The first kappa shape index (κ1) is 14.1. The van der Waals surface area contributed by atoms with Crippen LogP contribution in [-0.4, -0.2) is 10.9 Å². The lowest BCUT2D eigenvalue weighted by Gasteiger charge is -2.11. The van der Waals surface area contributed by atoms with Gasteiger partial charge in [-0.05, 0) is 52.7 Å². The van der Waals surface area contributed by atoms with Crippen molar-refractivity contribution in [2.24, 2.45) is 0 Å². The number of aromatic nitrogens is 1. The van der Waals surface area contributed by atoms with Crippen molar-refractivity contribution in [3.05, 3.63) is 57.5 Å². The third kappa shape index (κ3) is 2.54. The maximum Gasteiger partial charge on any atom is 0.260 e. The number of furan rings is 1. The summed E-state index contributed by atoms with van der Waals surface area (Å²) < 4.78 is 5.45. The molecular weight excluding hydrogens is 356 g/mol. The van der Waals surface area contributed by atoms with Crippen molar-refractivity contribution in [3.8, 4) is 0 Å². The molecular formula is C15H10BrClN2O2. The number of benzene rings is 1. The molecule has 2 aromatic heterocycles. The SMILES string of the molecule is Cc1cc(Cl)c(NC(=O)c2ccoc2Br)c2cccnc12. The van der Waals surface area contributed by atoms with Gasteiger partial charge in [0.25, 0.3) is 5.91 Å². The number of halogens is 2. The van der Waals surface area contributed by atoms with Crippen molar-refractivity contribution in [1.29, 1.82) is 0 Å². The number of rotatable bonds is 2. The Morgan fingerprint density at radius 1 is 1.43 bits per heavy atom. The van der Waals surface area contributed by atoms with Gasteiger partial charge in [0.05, 0.1) is 28.1 Å². The molecule has 0 fully saturated rings. The second kappa shape index (κ2) is 5.50. The summed E-state index contributed by atoms with van der Waals surface area (Å²) >= 11 is 9.46. The van der Waals surface area contributed by atoms with Gasteiger partial charge in [0.15, 0.2) is 4.67 Å². The summed E-state index contributed by atoms with van der Waals surface area (Å²) in [7, 11) is 0. The molecule has 0 saturated carbocycles. The maximum absolute atomic E-state index is 12.3. The number of hydrogen-bond donors (Lipinski definition) is 1. The molecule has 0 spiro atoms. The van der Waals surface area contributed by atoms with Gasteiger partial charge in [0.1, 0.15) is 0 Å². The van der Waals surface area contributed by atoms with E-state index < -0.39 is 0 Å². The lowest BCUT2D eigenvalue weighted by Crippen LogP contribution is -2.12. The zero-order chi connectivity index (χ0) is 15.0. The van der Waals surface area contributed by atoms with E-state index >= 15 is 0 Å². The minimum absolute atomic E-state index is 0.300. The molecule has 0 saturated heterocycles. The fourth-order valence-electron chi connectivity index (χ4n) is 2.14. The van der Waals surface area contributed by atoms with Crippen molar-refractivity contribution in [2.45, 2.75) is 6.92 Å². The van der Waals surface area contributed by atoms with Gasteiger partial charge in [-0.1, -0.05) is 11.6 Å². The van der Waals surface area contributed by atoms with E-state index in [0.29, 0.717) is 20.9 Å². The minimum Gasteiger partial charge on any atom is -0.457 e. The normalized spacial score (nSPS) is 10.8. The van der Waals surface area contributed by atoms with E-state index in [4.69, 9.17) is 16.0 Å². The molecule has 1 amide bonds. The molecule has 0 aliphatic rings. The van der Waals surface area contributed by atoms with Crippen LogP contribution in [0.5, 0.6) is 0 Å². The number of anilines is 1. The van der Waals surface area contributed by atoms with Gasteiger partial charge >= 0.3 is 0 Å². The summed E-state index contributed by atoms with van der Waals surface area (Å²) in [5.41, 5.74) is 2.72. The highest BCUT2D eigenvalue weighted by Gasteiger charge is 2.17. The molecule has 1 aromatic carbocycles. The maximum atomic E-state index is 12.3. The lowest BCUT2D eigenvalue weighted by molar-refractivity contribution is 0.102. The van der Waals surface area contributed by atoms with E-state index in [0.717, 1.165) is 16.5 Å². The molecule has 2 heterocycles. The highest BCUT2D eigenvalue weighted by molar-refractivity contribution is 9.10. The zero-order valence-corrected chi connectivity index (χ0v) is 13.3. The summed E-state index contributed by atoms with van der Waals surface area (Å²) in [6.07, 6.45) is 3.15. The Bertz CT molecular complexity index is 845. The van der Waals surface area contributed by atoms with Crippen molar-refractivity contribution < 1.29 is 9.21 Å². The van der Waals surface area contributed by atoms with Gasteiger partial charge < -0.3 is 9.73 Å². The molecule has 0 bridgehead atoms. The van der Waals surface area contributed by atoms with E-state index in [-0.39, 0.29) is 5.91 Å². The first-order chi connectivity index (χ1) is 10.1. The molecule has 3 aromatic rings. The molecule has 0 unspecified atom stereocenters. The first-order valence-corrected chi connectivity index (χ1v) is 7.33.